The van der Waals surface area contributed by atoms with E-state index < -0.39 is 21.7 Å². The highest BCUT2D eigenvalue weighted by molar-refractivity contribution is 7.92. The molecule has 9 nitrogen and oxygen atoms in total. The molecule has 256 valence electrons. The van der Waals surface area contributed by atoms with Crippen molar-refractivity contribution in [2.75, 3.05) is 30.9 Å². The molecule has 6 rings (SSSR count). The highest BCUT2D eigenvalue weighted by atomic mass is 35.5. The molecule has 3 aromatic rings. The van der Waals surface area contributed by atoms with Gasteiger partial charge in [0, 0.05) is 30.8 Å². The molecule has 2 aromatic carbocycles. The van der Waals surface area contributed by atoms with E-state index in [0.717, 1.165) is 49.9 Å². The van der Waals surface area contributed by atoms with Crippen LogP contribution in [-0.2, 0) is 27.6 Å². The number of allylic oxidation sites excluding steroid dienone is 1. The number of methoxy groups -OCH3 is 1. The summed E-state index contributed by atoms with van der Waals surface area (Å²) in [5, 5.41) is 0.712. The van der Waals surface area contributed by atoms with Crippen molar-refractivity contribution in [3.63, 3.8) is 0 Å². The van der Waals surface area contributed by atoms with E-state index >= 15 is 0 Å². The molecule has 1 fully saturated rings. The van der Waals surface area contributed by atoms with Gasteiger partial charge in [-0.3, -0.25) is 14.3 Å². The number of nitrogens with zero attached hydrogens (tertiary/aromatic N) is 2. The Labute approximate surface area is 288 Å². The number of carbonyl (C=O) groups is 2. The summed E-state index contributed by atoms with van der Waals surface area (Å²) in [6.45, 7) is 5.59. The van der Waals surface area contributed by atoms with Gasteiger partial charge in [0.1, 0.15) is 15.7 Å². The van der Waals surface area contributed by atoms with E-state index in [9.17, 15) is 13.8 Å². The number of rotatable bonds is 3. The summed E-state index contributed by atoms with van der Waals surface area (Å²) in [5.74, 6) is -0.153. The van der Waals surface area contributed by atoms with Crippen molar-refractivity contribution in [3.05, 3.63) is 93.9 Å². The molecular weight excluding hydrogens is 650 g/mol. The second-order valence-electron chi connectivity index (χ2n) is 13.4. The van der Waals surface area contributed by atoms with E-state index in [0.29, 0.717) is 42.2 Å². The maximum atomic E-state index is 14.4. The lowest BCUT2D eigenvalue weighted by molar-refractivity contribution is 0.0133. The number of amides is 2. The highest BCUT2D eigenvalue weighted by Gasteiger charge is 2.38. The second-order valence-corrected chi connectivity index (χ2v) is 15.8. The third kappa shape index (κ3) is 7.98. The summed E-state index contributed by atoms with van der Waals surface area (Å²) < 4.78 is 38.9. The molecule has 3 aliphatic rings. The van der Waals surface area contributed by atoms with Gasteiger partial charge in [0.25, 0.3) is 11.8 Å². The van der Waals surface area contributed by atoms with E-state index in [1.165, 1.54) is 17.4 Å². The lowest BCUT2D eigenvalue weighted by Gasteiger charge is -2.43. The zero-order chi connectivity index (χ0) is 33.8. The topological polar surface area (TPSA) is 110 Å². The van der Waals surface area contributed by atoms with Crippen molar-refractivity contribution in [1.29, 1.82) is 0 Å². The summed E-state index contributed by atoms with van der Waals surface area (Å²) in [6.07, 6.45) is 11.0. The van der Waals surface area contributed by atoms with Crippen LogP contribution in [0.4, 0.5) is 5.69 Å². The fourth-order valence-corrected chi connectivity index (χ4v) is 8.99. The quantitative estimate of drug-likeness (QED) is 0.282. The van der Waals surface area contributed by atoms with Crippen LogP contribution in [0, 0.1) is 24.7 Å². The van der Waals surface area contributed by atoms with Gasteiger partial charge >= 0.3 is 0 Å². The number of aryl methyl sites for hydroxylation is 2. The number of fused-ring (bicyclic) bond motifs is 3. The average Bonchev–Trinajstić information content (AvgIpc) is 3.47. The Morgan fingerprint density at radius 3 is 2.73 bits per heavy atom. The van der Waals surface area contributed by atoms with Gasteiger partial charge in [0.2, 0.25) is 0 Å². The first-order valence-electron chi connectivity index (χ1n) is 16.8. The van der Waals surface area contributed by atoms with Gasteiger partial charge in [-0.1, -0.05) is 36.7 Å². The van der Waals surface area contributed by atoms with Crippen LogP contribution >= 0.6 is 11.6 Å². The molecule has 1 unspecified atom stereocenters. The van der Waals surface area contributed by atoms with Gasteiger partial charge in [0.15, 0.2) is 5.76 Å². The Bertz CT molecular complexity index is 1810. The Morgan fingerprint density at radius 1 is 1.12 bits per heavy atom. The van der Waals surface area contributed by atoms with E-state index in [4.69, 9.17) is 25.5 Å². The van der Waals surface area contributed by atoms with E-state index in [2.05, 4.69) is 38.3 Å². The van der Waals surface area contributed by atoms with Gasteiger partial charge in [-0.05, 0) is 116 Å². The minimum Gasteiger partial charge on any atom is -0.491 e. The minimum absolute atomic E-state index is 0.00825. The van der Waals surface area contributed by atoms with Crippen LogP contribution in [0.2, 0.25) is 5.02 Å². The van der Waals surface area contributed by atoms with Crippen LogP contribution in [0.25, 0.3) is 0 Å². The molecule has 1 N–H and O–H groups in total. The number of halogens is 1. The molecule has 0 spiro atoms. The van der Waals surface area contributed by atoms with Crippen molar-refractivity contribution < 1.29 is 27.7 Å². The van der Waals surface area contributed by atoms with Crippen LogP contribution in [0.15, 0.2) is 69.7 Å². The van der Waals surface area contributed by atoms with Crippen LogP contribution < -0.4 is 14.4 Å². The van der Waals surface area contributed by atoms with E-state index in [1.54, 1.807) is 32.2 Å². The van der Waals surface area contributed by atoms with E-state index in [1.807, 2.05) is 19.1 Å². The fraction of sp³-hybridized carbons (Fsp3) is 0.459. The van der Waals surface area contributed by atoms with Crippen molar-refractivity contribution in [2.24, 2.45) is 22.1 Å². The summed E-state index contributed by atoms with van der Waals surface area (Å²) in [4.78, 5) is 29.3. The van der Waals surface area contributed by atoms with Gasteiger partial charge < -0.3 is 18.8 Å². The Morgan fingerprint density at radius 2 is 1.98 bits per heavy atom. The monoisotopic (exact) mass is 693 g/mol. The Kier molecular flexibility index (Phi) is 10.6. The largest absolute Gasteiger partial charge is 0.491 e. The Balaban J connectivity index is 1.45. The first kappa shape index (κ1) is 34.3. The predicted molar refractivity (Wildman–Crippen MR) is 188 cm³/mol. The number of hydrogen-bond acceptors (Lipinski definition) is 7. The normalized spacial score (nSPS) is 27.2. The molecule has 1 aromatic heterocycles. The maximum absolute atomic E-state index is 14.4. The molecule has 11 heteroatoms. The van der Waals surface area contributed by atoms with Crippen molar-refractivity contribution >= 4 is 39.0 Å². The lowest BCUT2D eigenvalue weighted by Crippen LogP contribution is -2.43. The third-order valence-electron chi connectivity index (χ3n) is 9.61. The minimum atomic E-state index is -3.54. The standard InChI is InChI=1S/C37H44ClN3O6S/c1-24-7-6-9-33(45-3)31-14-11-29(31)21-41-20-28-10-13-30(38)18-26(28)8-4-5-16-46-34-15-12-27(19-32(34)41)36(42)39-48(44,23-24)40-37(43)35-17-25(2)22-47-35/h6,9-10,12-13,15,17-19,22,24,29,31,33H,4-5,7-8,11,14,16,20-21,23H2,1-3H3,(H,39,40,42,43,44)/b9-6+/t24-,29-,31+,33-,48?/m0/s1. The second kappa shape index (κ2) is 14.9. The molecule has 2 amide bonds. The van der Waals surface area contributed by atoms with Gasteiger partial charge in [0.05, 0.1) is 30.4 Å². The molecule has 0 saturated heterocycles. The molecule has 2 bridgehead atoms. The molecule has 0 radical (unpaired) electrons. The smallest absolute Gasteiger partial charge is 0.299 e. The average molecular weight is 694 g/mol. The number of ether oxygens (including phenoxy) is 2. The summed E-state index contributed by atoms with van der Waals surface area (Å²) in [5.41, 5.74) is 4.18. The van der Waals surface area contributed by atoms with E-state index in [-0.39, 0.29) is 29.1 Å². The predicted octanol–water partition coefficient (Wildman–Crippen LogP) is 7.55. The summed E-state index contributed by atoms with van der Waals surface area (Å²) in [6, 6.07) is 12.9. The summed E-state index contributed by atoms with van der Waals surface area (Å²) >= 11 is 6.45. The molecular formula is C37H44ClN3O6S. The van der Waals surface area contributed by atoms with Gasteiger partial charge in [-0.25, -0.2) is 4.21 Å². The third-order valence-corrected chi connectivity index (χ3v) is 11.8. The molecule has 1 saturated carbocycles. The van der Waals surface area contributed by atoms with Crippen LogP contribution in [0.1, 0.15) is 76.6 Å². The number of benzene rings is 2. The number of anilines is 1. The molecule has 5 atom stereocenters. The number of furan rings is 1. The molecule has 3 heterocycles. The number of hydrogen-bond donors (Lipinski definition) is 1. The van der Waals surface area contributed by atoms with Gasteiger partial charge in [-0.15, -0.1) is 4.36 Å². The van der Waals surface area contributed by atoms with Crippen molar-refractivity contribution in [1.82, 2.24) is 4.72 Å². The first-order valence-corrected chi connectivity index (χ1v) is 18.8. The fourth-order valence-electron chi connectivity index (χ4n) is 6.92. The van der Waals surface area contributed by atoms with Crippen LogP contribution in [-0.4, -0.2) is 48.1 Å². The number of carbonyl (C=O) groups excluding carboxylic acids is 2. The SMILES string of the molecule is CO[C@H]1/C=C/C[C@H](C)CS(=O)(NC(=O)c2cc(C)co2)=NC(=O)c2ccc3c(c2)N(Cc2ccc(Cl)cc2CCCCO3)C[C@@H]2CC[C@H]21. The van der Waals surface area contributed by atoms with Crippen LogP contribution in [0.5, 0.6) is 5.75 Å². The lowest BCUT2D eigenvalue weighted by atomic mass is 9.70. The maximum Gasteiger partial charge on any atom is 0.299 e. The molecule has 48 heavy (non-hydrogen) atoms. The van der Waals surface area contributed by atoms with Gasteiger partial charge in [-0.2, -0.15) is 0 Å². The van der Waals surface area contributed by atoms with Crippen molar-refractivity contribution in [2.45, 2.75) is 65.0 Å². The zero-order valence-corrected chi connectivity index (χ0v) is 29.4. The molecule has 2 aliphatic heterocycles. The summed E-state index contributed by atoms with van der Waals surface area (Å²) in [7, 11) is -1.80. The van der Waals surface area contributed by atoms with Crippen molar-refractivity contribution in [3.8, 4) is 5.75 Å². The molecule has 1 aliphatic carbocycles. The zero-order valence-electron chi connectivity index (χ0n) is 27.8. The number of nitrogens with one attached hydrogen (secondary N) is 1. The Hall–Kier alpha value is -3.60. The highest BCUT2D eigenvalue weighted by Crippen LogP contribution is 2.42. The first-order chi connectivity index (χ1) is 23.1. The van der Waals surface area contributed by atoms with Crippen LogP contribution in [0.3, 0.4) is 0 Å².